The Kier molecular flexibility index (Phi) is 4.69. The Morgan fingerprint density at radius 3 is 2.53 bits per heavy atom. The SMILES string of the molecule is COC1(C(N)c2c(Br)cnn2C(C)C)CCCCC1. The lowest BCUT2D eigenvalue weighted by atomic mass is 9.78. The third-order valence-electron chi connectivity index (χ3n) is 4.24. The summed E-state index contributed by atoms with van der Waals surface area (Å²) in [6.45, 7) is 4.24. The third-order valence-corrected chi connectivity index (χ3v) is 4.85. The van der Waals surface area contributed by atoms with Crippen LogP contribution in [0.25, 0.3) is 0 Å². The molecule has 0 aromatic carbocycles. The fourth-order valence-corrected chi connectivity index (χ4v) is 3.61. The quantitative estimate of drug-likeness (QED) is 0.918. The molecular weight excluding hydrogens is 306 g/mol. The van der Waals surface area contributed by atoms with Gasteiger partial charge in [0.25, 0.3) is 0 Å². The monoisotopic (exact) mass is 329 g/mol. The van der Waals surface area contributed by atoms with E-state index in [1.807, 2.05) is 10.9 Å². The van der Waals surface area contributed by atoms with Gasteiger partial charge in [0.05, 0.1) is 28.0 Å². The highest BCUT2D eigenvalue weighted by atomic mass is 79.9. The molecule has 1 atom stereocenters. The normalized spacial score (nSPS) is 20.7. The molecule has 0 saturated heterocycles. The summed E-state index contributed by atoms with van der Waals surface area (Å²) >= 11 is 3.59. The van der Waals surface area contributed by atoms with Gasteiger partial charge in [-0.2, -0.15) is 5.10 Å². The van der Waals surface area contributed by atoms with Crippen LogP contribution in [0.4, 0.5) is 0 Å². The first kappa shape index (κ1) is 15.0. The zero-order valence-electron chi connectivity index (χ0n) is 12.0. The molecule has 2 rings (SSSR count). The second-order valence-electron chi connectivity index (χ2n) is 5.72. The second kappa shape index (κ2) is 5.94. The van der Waals surface area contributed by atoms with Crippen molar-refractivity contribution in [2.45, 2.75) is 63.6 Å². The molecule has 1 aliphatic carbocycles. The van der Waals surface area contributed by atoms with E-state index in [0.717, 1.165) is 23.0 Å². The molecule has 0 radical (unpaired) electrons. The van der Waals surface area contributed by atoms with Gasteiger partial charge in [-0.05, 0) is 42.6 Å². The smallest absolute Gasteiger partial charge is 0.0886 e. The van der Waals surface area contributed by atoms with Crippen LogP contribution in [-0.2, 0) is 4.74 Å². The minimum absolute atomic E-state index is 0.142. The van der Waals surface area contributed by atoms with Gasteiger partial charge in [-0.25, -0.2) is 0 Å². The average Bonchev–Trinajstić information content (AvgIpc) is 2.80. The second-order valence-corrected chi connectivity index (χ2v) is 6.58. The predicted molar refractivity (Wildman–Crippen MR) is 80.1 cm³/mol. The van der Waals surface area contributed by atoms with E-state index >= 15 is 0 Å². The summed E-state index contributed by atoms with van der Waals surface area (Å²) in [5.41, 5.74) is 7.40. The number of halogens is 1. The summed E-state index contributed by atoms with van der Waals surface area (Å²) in [6, 6.07) is 0.155. The third kappa shape index (κ3) is 2.73. The predicted octanol–water partition coefficient (Wildman–Crippen LogP) is 3.58. The van der Waals surface area contributed by atoms with Gasteiger partial charge in [0.2, 0.25) is 0 Å². The molecule has 1 fully saturated rings. The molecule has 5 heteroatoms. The van der Waals surface area contributed by atoms with Crippen molar-refractivity contribution >= 4 is 15.9 Å². The van der Waals surface area contributed by atoms with Crippen LogP contribution in [0.2, 0.25) is 0 Å². The van der Waals surface area contributed by atoms with Crippen molar-refractivity contribution in [3.8, 4) is 0 Å². The Hall–Kier alpha value is -0.390. The molecule has 1 saturated carbocycles. The Morgan fingerprint density at radius 1 is 1.37 bits per heavy atom. The standard InChI is InChI=1S/C14H24BrN3O/c1-10(2)18-12(11(15)9-17-18)13(16)14(19-3)7-5-4-6-8-14/h9-10,13H,4-8,16H2,1-3H3. The molecule has 19 heavy (non-hydrogen) atoms. The van der Waals surface area contributed by atoms with E-state index in [4.69, 9.17) is 10.5 Å². The maximum atomic E-state index is 6.58. The van der Waals surface area contributed by atoms with Crippen LogP contribution in [0, 0.1) is 0 Å². The maximum Gasteiger partial charge on any atom is 0.0886 e. The fraction of sp³-hybridized carbons (Fsp3) is 0.786. The molecule has 1 aromatic heterocycles. The van der Waals surface area contributed by atoms with E-state index in [1.165, 1.54) is 19.3 Å². The zero-order chi connectivity index (χ0) is 14.0. The molecule has 1 unspecified atom stereocenters. The molecule has 1 heterocycles. The van der Waals surface area contributed by atoms with Crippen molar-refractivity contribution in [2.24, 2.45) is 5.73 Å². The number of aromatic nitrogens is 2. The summed E-state index contributed by atoms with van der Waals surface area (Å²) in [4.78, 5) is 0. The molecule has 4 nitrogen and oxygen atoms in total. The number of rotatable bonds is 4. The lowest BCUT2D eigenvalue weighted by molar-refractivity contribution is -0.0616. The van der Waals surface area contributed by atoms with Crippen LogP contribution in [-0.4, -0.2) is 22.5 Å². The molecular formula is C14H24BrN3O. The van der Waals surface area contributed by atoms with Crippen molar-refractivity contribution in [1.82, 2.24) is 9.78 Å². The van der Waals surface area contributed by atoms with E-state index in [0.29, 0.717) is 6.04 Å². The van der Waals surface area contributed by atoms with Crippen molar-refractivity contribution in [3.63, 3.8) is 0 Å². The molecule has 0 spiro atoms. The molecule has 2 N–H and O–H groups in total. The number of nitrogens with zero attached hydrogens (tertiary/aromatic N) is 2. The van der Waals surface area contributed by atoms with E-state index in [1.54, 1.807) is 7.11 Å². The van der Waals surface area contributed by atoms with Crippen LogP contribution in [0.15, 0.2) is 10.7 Å². The highest BCUT2D eigenvalue weighted by molar-refractivity contribution is 9.10. The van der Waals surface area contributed by atoms with Gasteiger partial charge in [-0.1, -0.05) is 19.3 Å². The van der Waals surface area contributed by atoms with Crippen LogP contribution in [0.5, 0.6) is 0 Å². The maximum absolute atomic E-state index is 6.58. The van der Waals surface area contributed by atoms with Crippen LogP contribution < -0.4 is 5.73 Å². The van der Waals surface area contributed by atoms with Crippen molar-refractivity contribution in [2.75, 3.05) is 7.11 Å². The summed E-state index contributed by atoms with van der Waals surface area (Å²) in [7, 11) is 1.79. The molecule has 0 aliphatic heterocycles. The Morgan fingerprint density at radius 2 is 2.00 bits per heavy atom. The number of ether oxygens (including phenoxy) is 1. The summed E-state index contributed by atoms with van der Waals surface area (Å²) in [5.74, 6) is 0. The van der Waals surface area contributed by atoms with Gasteiger partial charge < -0.3 is 10.5 Å². The lowest BCUT2D eigenvalue weighted by Crippen LogP contribution is -2.45. The molecule has 0 bridgehead atoms. The summed E-state index contributed by atoms with van der Waals surface area (Å²) < 4.78 is 8.85. The van der Waals surface area contributed by atoms with Crippen molar-refractivity contribution in [3.05, 3.63) is 16.4 Å². The summed E-state index contributed by atoms with van der Waals surface area (Å²) in [5, 5.41) is 4.43. The van der Waals surface area contributed by atoms with Gasteiger partial charge in [0.1, 0.15) is 0 Å². The minimum Gasteiger partial charge on any atom is -0.376 e. The van der Waals surface area contributed by atoms with Crippen LogP contribution in [0.1, 0.15) is 63.7 Å². The van der Waals surface area contributed by atoms with Crippen LogP contribution in [0.3, 0.4) is 0 Å². The first-order valence-corrected chi connectivity index (χ1v) is 7.85. The summed E-state index contributed by atoms with van der Waals surface area (Å²) in [6.07, 6.45) is 7.55. The van der Waals surface area contributed by atoms with E-state index in [9.17, 15) is 0 Å². The molecule has 1 aliphatic rings. The van der Waals surface area contributed by atoms with Gasteiger partial charge in [0, 0.05) is 13.2 Å². The number of hydrogen-bond acceptors (Lipinski definition) is 3. The Labute approximate surface area is 123 Å². The Bertz CT molecular complexity index is 424. The van der Waals surface area contributed by atoms with Crippen LogP contribution >= 0.6 is 15.9 Å². The first-order chi connectivity index (χ1) is 9.02. The van der Waals surface area contributed by atoms with Gasteiger partial charge in [-0.3, -0.25) is 4.68 Å². The zero-order valence-corrected chi connectivity index (χ0v) is 13.6. The average molecular weight is 330 g/mol. The van der Waals surface area contributed by atoms with E-state index in [-0.39, 0.29) is 11.6 Å². The molecule has 1 aromatic rings. The van der Waals surface area contributed by atoms with Crippen molar-refractivity contribution in [1.29, 1.82) is 0 Å². The number of hydrogen-bond donors (Lipinski definition) is 1. The number of nitrogens with two attached hydrogens (primary N) is 1. The Balaban J connectivity index is 2.36. The highest BCUT2D eigenvalue weighted by Crippen LogP contribution is 2.42. The molecule has 0 amide bonds. The minimum atomic E-state index is -0.243. The van der Waals surface area contributed by atoms with Gasteiger partial charge >= 0.3 is 0 Å². The van der Waals surface area contributed by atoms with Gasteiger partial charge in [0.15, 0.2) is 0 Å². The first-order valence-electron chi connectivity index (χ1n) is 7.05. The molecule has 108 valence electrons. The van der Waals surface area contributed by atoms with E-state index < -0.39 is 0 Å². The lowest BCUT2D eigenvalue weighted by Gasteiger charge is -2.41. The fourth-order valence-electron chi connectivity index (χ4n) is 3.09. The van der Waals surface area contributed by atoms with E-state index in [2.05, 4.69) is 34.9 Å². The largest absolute Gasteiger partial charge is 0.376 e. The topological polar surface area (TPSA) is 53.1 Å². The van der Waals surface area contributed by atoms with Gasteiger partial charge in [-0.15, -0.1) is 0 Å². The highest BCUT2D eigenvalue weighted by Gasteiger charge is 2.41. The number of methoxy groups -OCH3 is 1. The van der Waals surface area contributed by atoms with Crippen molar-refractivity contribution < 1.29 is 4.74 Å².